The first-order chi connectivity index (χ1) is 4.06. The Morgan fingerprint density at radius 2 is 2.11 bits per heavy atom. The van der Waals surface area contributed by atoms with Gasteiger partial charge in [0.05, 0.1) is 6.61 Å². The fourth-order valence-electron chi connectivity index (χ4n) is 0.223. The molecule has 0 radical (unpaired) electrons. The van der Waals surface area contributed by atoms with Gasteiger partial charge in [-0.2, -0.15) is 8.42 Å². The molecule has 0 unspecified atom stereocenters. The summed E-state index contributed by atoms with van der Waals surface area (Å²) in [6, 6.07) is 0. The molecule has 0 aliphatic rings. The molecule has 0 spiro atoms. The summed E-state index contributed by atoms with van der Waals surface area (Å²) in [6.45, 7) is -0.172. The molecule has 0 aromatic carbocycles. The Labute approximate surface area is 58.0 Å². The lowest BCUT2D eigenvalue weighted by atomic mass is 10.5. The van der Waals surface area contributed by atoms with E-state index in [0.717, 1.165) is 0 Å². The van der Waals surface area contributed by atoms with Crippen LogP contribution in [0.5, 0.6) is 0 Å². The van der Waals surface area contributed by atoms with Crippen molar-refractivity contribution in [1.82, 2.24) is 0 Å². The lowest BCUT2D eigenvalue weighted by molar-refractivity contribution is 0.240. The van der Waals surface area contributed by atoms with Gasteiger partial charge in [-0.1, -0.05) is 0 Å². The molecule has 0 amide bonds. The second-order valence-corrected chi connectivity index (χ2v) is 3.45. The van der Waals surface area contributed by atoms with Gasteiger partial charge in [-0.3, -0.25) is 4.18 Å². The van der Waals surface area contributed by atoms with Gasteiger partial charge in [-0.25, -0.2) is 0 Å². The zero-order valence-corrected chi connectivity index (χ0v) is 6.15. The summed E-state index contributed by atoms with van der Waals surface area (Å²) in [5.41, 5.74) is 0. The Morgan fingerprint density at radius 1 is 1.56 bits per heavy atom. The first-order valence-electron chi connectivity index (χ1n) is 2.26. The van der Waals surface area contributed by atoms with E-state index >= 15 is 0 Å². The van der Waals surface area contributed by atoms with Crippen LogP contribution in [0.1, 0.15) is 6.42 Å². The highest BCUT2D eigenvalue weighted by Gasteiger charge is 2.02. The van der Waals surface area contributed by atoms with Crippen molar-refractivity contribution in [3.63, 3.8) is 0 Å². The summed E-state index contributed by atoms with van der Waals surface area (Å²) in [5.74, 6) is 0. The van der Waals surface area contributed by atoms with Crippen LogP contribution in [-0.4, -0.2) is 26.7 Å². The minimum atomic E-state index is -3.84. The highest BCUT2D eigenvalue weighted by molar-refractivity contribution is 8.09. The average molecular weight is 175 g/mol. The zero-order chi connectivity index (χ0) is 7.33. The van der Waals surface area contributed by atoms with E-state index in [9.17, 15) is 8.42 Å². The van der Waals surface area contributed by atoms with Gasteiger partial charge in [-0.15, -0.1) is 0 Å². The van der Waals surface area contributed by atoms with Crippen LogP contribution in [0.25, 0.3) is 0 Å². The predicted molar refractivity (Wildman–Crippen MR) is 32.4 cm³/mol. The SMILES string of the molecule is O=S(=O)(Cl)OCCCO. The van der Waals surface area contributed by atoms with Gasteiger partial charge < -0.3 is 5.11 Å². The molecule has 0 fully saturated rings. The second-order valence-electron chi connectivity index (χ2n) is 1.29. The van der Waals surface area contributed by atoms with Crippen LogP contribution in [0.15, 0.2) is 0 Å². The Bertz CT molecular complexity index is 151. The molecule has 56 valence electrons. The van der Waals surface area contributed by atoms with Crippen LogP contribution in [0, 0.1) is 0 Å². The van der Waals surface area contributed by atoms with Crippen molar-refractivity contribution >= 4 is 20.0 Å². The van der Waals surface area contributed by atoms with Gasteiger partial charge in [0.2, 0.25) is 0 Å². The summed E-state index contributed by atoms with van der Waals surface area (Å²) < 4.78 is 24.0. The maximum atomic E-state index is 9.97. The number of rotatable bonds is 4. The summed E-state index contributed by atoms with van der Waals surface area (Å²) >= 11 is 0. The van der Waals surface area contributed by atoms with Crippen molar-refractivity contribution in [2.45, 2.75) is 6.42 Å². The molecule has 0 aliphatic carbocycles. The molecule has 0 aromatic heterocycles. The molecular weight excluding hydrogens is 168 g/mol. The molecule has 0 bridgehead atoms. The molecular formula is C3H7ClO4S. The molecule has 9 heavy (non-hydrogen) atoms. The predicted octanol–water partition coefficient (Wildman–Crippen LogP) is -0.131. The molecule has 0 heterocycles. The second kappa shape index (κ2) is 4.05. The van der Waals surface area contributed by atoms with Gasteiger partial charge >= 0.3 is 9.33 Å². The quantitative estimate of drug-likeness (QED) is 0.477. The van der Waals surface area contributed by atoms with Gasteiger partial charge in [0.15, 0.2) is 0 Å². The molecule has 4 nitrogen and oxygen atoms in total. The molecule has 0 rings (SSSR count). The smallest absolute Gasteiger partial charge is 0.355 e. The molecule has 6 heteroatoms. The van der Waals surface area contributed by atoms with E-state index in [1.54, 1.807) is 0 Å². The monoisotopic (exact) mass is 174 g/mol. The maximum absolute atomic E-state index is 9.97. The molecule has 0 atom stereocenters. The van der Waals surface area contributed by atoms with Crippen LogP contribution >= 0.6 is 10.7 Å². The van der Waals surface area contributed by atoms with Crippen LogP contribution < -0.4 is 0 Å². The minimum absolute atomic E-state index is 0.0671. The van der Waals surface area contributed by atoms with Crippen LogP contribution in [0.2, 0.25) is 0 Å². The van der Waals surface area contributed by atoms with Crippen LogP contribution in [0.3, 0.4) is 0 Å². The Morgan fingerprint density at radius 3 is 2.44 bits per heavy atom. The minimum Gasteiger partial charge on any atom is -0.396 e. The van der Waals surface area contributed by atoms with E-state index in [1.165, 1.54) is 0 Å². The Balaban J connectivity index is 3.30. The van der Waals surface area contributed by atoms with Crippen molar-refractivity contribution in [3.8, 4) is 0 Å². The lowest BCUT2D eigenvalue weighted by Gasteiger charge is -1.94. The fraction of sp³-hybridized carbons (Fsp3) is 1.00. The molecule has 0 saturated carbocycles. The highest BCUT2D eigenvalue weighted by Crippen LogP contribution is 1.98. The summed E-state index contributed by atoms with van der Waals surface area (Å²) in [7, 11) is 0.802. The Kier molecular flexibility index (Phi) is 4.12. The van der Waals surface area contributed by atoms with E-state index < -0.39 is 9.33 Å². The van der Waals surface area contributed by atoms with Gasteiger partial charge in [0, 0.05) is 17.3 Å². The van der Waals surface area contributed by atoms with E-state index in [0.29, 0.717) is 0 Å². The molecule has 0 saturated heterocycles. The van der Waals surface area contributed by atoms with E-state index in [1.807, 2.05) is 0 Å². The largest absolute Gasteiger partial charge is 0.396 e. The molecule has 1 N–H and O–H groups in total. The number of aliphatic hydroxyl groups excluding tert-OH is 1. The Hall–Kier alpha value is 0.160. The summed E-state index contributed by atoms with van der Waals surface area (Å²) in [5, 5.41) is 8.15. The third kappa shape index (κ3) is 8.16. The van der Waals surface area contributed by atoms with Crippen molar-refractivity contribution in [2.75, 3.05) is 13.2 Å². The number of halogens is 1. The standard InChI is InChI=1S/C3H7ClO4S/c4-9(6,7)8-3-1-2-5/h5H,1-3H2. The van der Waals surface area contributed by atoms with E-state index in [4.69, 9.17) is 5.11 Å². The van der Waals surface area contributed by atoms with Gasteiger partial charge in [0.25, 0.3) is 0 Å². The molecule has 0 aromatic rings. The first-order valence-corrected chi connectivity index (χ1v) is 4.49. The summed E-state index contributed by atoms with van der Waals surface area (Å²) in [4.78, 5) is 0. The topological polar surface area (TPSA) is 63.6 Å². The normalized spacial score (nSPS) is 11.8. The summed E-state index contributed by atoms with van der Waals surface area (Å²) in [6.07, 6.45) is 0.270. The third-order valence-electron chi connectivity index (χ3n) is 0.527. The van der Waals surface area contributed by atoms with Gasteiger partial charge in [0.1, 0.15) is 0 Å². The van der Waals surface area contributed by atoms with Crippen LogP contribution in [-0.2, 0) is 13.5 Å². The third-order valence-corrected chi connectivity index (χ3v) is 1.24. The van der Waals surface area contributed by atoms with E-state index in [2.05, 4.69) is 14.9 Å². The van der Waals surface area contributed by atoms with Crippen molar-refractivity contribution < 1.29 is 17.7 Å². The van der Waals surface area contributed by atoms with Crippen LogP contribution in [0.4, 0.5) is 0 Å². The number of hydrogen-bond donors (Lipinski definition) is 1. The fourth-order valence-corrected chi connectivity index (χ4v) is 0.729. The highest BCUT2D eigenvalue weighted by atomic mass is 35.7. The zero-order valence-electron chi connectivity index (χ0n) is 4.58. The lowest BCUT2D eigenvalue weighted by Crippen LogP contribution is -2.00. The molecule has 0 aliphatic heterocycles. The average Bonchev–Trinajstić information content (AvgIpc) is 1.63. The maximum Gasteiger partial charge on any atom is 0.355 e. The first kappa shape index (κ1) is 9.16. The van der Waals surface area contributed by atoms with Crippen molar-refractivity contribution in [3.05, 3.63) is 0 Å². The van der Waals surface area contributed by atoms with Crippen molar-refractivity contribution in [1.29, 1.82) is 0 Å². The number of hydrogen-bond acceptors (Lipinski definition) is 4. The van der Waals surface area contributed by atoms with Crippen molar-refractivity contribution in [2.24, 2.45) is 0 Å². The van der Waals surface area contributed by atoms with Gasteiger partial charge in [-0.05, 0) is 6.42 Å². The number of aliphatic hydroxyl groups is 1. The van der Waals surface area contributed by atoms with E-state index in [-0.39, 0.29) is 19.6 Å².